The fourth-order valence-electron chi connectivity index (χ4n) is 1.99. The van der Waals surface area contributed by atoms with E-state index < -0.39 is 23.5 Å². The van der Waals surface area contributed by atoms with Gasteiger partial charge >= 0.3 is 18.0 Å². The third-order valence-electron chi connectivity index (χ3n) is 3.54. The molecular formula is C20H32N2O8. The third kappa shape index (κ3) is 15.2. The molecule has 170 valence electrons. The number of Topliss-reactive ketones (excluding diaryl/α,β-unsaturated/α-hetero) is 1. The summed E-state index contributed by atoms with van der Waals surface area (Å²) in [5, 5.41) is 5.20. The van der Waals surface area contributed by atoms with E-state index in [1.807, 2.05) is 0 Å². The Morgan fingerprint density at radius 1 is 0.900 bits per heavy atom. The number of rotatable bonds is 17. The van der Waals surface area contributed by atoms with E-state index in [1.54, 1.807) is 6.92 Å². The first-order valence-electron chi connectivity index (χ1n) is 9.51. The van der Waals surface area contributed by atoms with Crippen LogP contribution >= 0.6 is 0 Å². The Morgan fingerprint density at radius 3 is 1.93 bits per heavy atom. The summed E-state index contributed by atoms with van der Waals surface area (Å²) < 4.78 is 20.6. The summed E-state index contributed by atoms with van der Waals surface area (Å²) in [4.78, 5) is 45.5. The molecule has 2 amide bonds. The predicted octanol–water partition coefficient (Wildman–Crippen LogP) is 0.905. The van der Waals surface area contributed by atoms with Crippen LogP contribution < -0.4 is 10.6 Å². The van der Waals surface area contributed by atoms with Gasteiger partial charge in [0.1, 0.15) is 24.5 Å². The van der Waals surface area contributed by atoms with Gasteiger partial charge in [0.25, 0.3) is 0 Å². The molecule has 0 rings (SSSR count). The maximum Gasteiger partial charge on any atom is 0.330 e. The van der Waals surface area contributed by atoms with E-state index in [0.717, 1.165) is 12.2 Å². The van der Waals surface area contributed by atoms with Crippen LogP contribution in [0, 0.1) is 0 Å². The molecular weight excluding hydrogens is 396 g/mol. The van der Waals surface area contributed by atoms with Crippen LogP contribution in [0.1, 0.15) is 26.7 Å². The lowest BCUT2D eigenvalue weighted by Crippen LogP contribution is -2.56. The minimum atomic E-state index is -1.16. The lowest BCUT2D eigenvalue weighted by molar-refractivity contribution is -0.144. The van der Waals surface area contributed by atoms with Gasteiger partial charge in [-0.25, -0.2) is 14.4 Å². The number of ether oxygens (including phenoxy) is 4. The molecule has 0 unspecified atom stereocenters. The first-order chi connectivity index (χ1) is 14.2. The van der Waals surface area contributed by atoms with Crippen molar-refractivity contribution in [3.05, 3.63) is 25.3 Å². The zero-order valence-corrected chi connectivity index (χ0v) is 17.7. The third-order valence-corrected chi connectivity index (χ3v) is 3.54. The number of carbonyl (C=O) groups is 4. The van der Waals surface area contributed by atoms with Crippen LogP contribution in [-0.2, 0) is 33.3 Å². The van der Waals surface area contributed by atoms with Crippen molar-refractivity contribution in [2.24, 2.45) is 0 Å². The SMILES string of the molecule is C=CC(=O)OCC(C)(COC(=O)C=C)NC(=O)NCCOCCOCCCC(C)=O. The van der Waals surface area contributed by atoms with Crippen molar-refractivity contribution in [1.82, 2.24) is 10.6 Å². The predicted molar refractivity (Wildman–Crippen MR) is 109 cm³/mol. The number of carbonyl (C=O) groups excluding carboxylic acids is 4. The van der Waals surface area contributed by atoms with E-state index >= 15 is 0 Å². The van der Waals surface area contributed by atoms with Crippen LogP contribution in [0.25, 0.3) is 0 Å². The second-order valence-electron chi connectivity index (χ2n) is 6.60. The van der Waals surface area contributed by atoms with E-state index in [0.29, 0.717) is 32.7 Å². The van der Waals surface area contributed by atoms with E-state index in [4.69, 9.17) is 18.9 Å². The van der Waals surface area contributed by atoms with Gasteiger partial charge in [-0.1, -0.05) is 13.2 Å². The lowest BCUT2D eigenvalue weighted by atomic mass is 10.1. The summed E-state index contributed by atoms with van der Waals surface area (Å²) >= 11 is 0. The number of amides is 2. The smallest absolute Gasteiger partial charge is 0.330 e. The second-order valence-corrected chi connectivity index (χ2v) is 6.60. The van der Waals surface area contributed by atoms with Crippen molar-refractivity contribution in [3.63, 3.8) is 0 Å². The van der Waals surface area contributed by atoms with E-state index in [2.05, 4.69) is 23.8 Å². The highest BCUT2D eigenvalue weighted by atomic mass is 16.5. The van der Waals surface area contributed by atoms with Crippen molar-refractivity contribution < 1.29 is 38.1 Å². The van der Waals surface area contributed by atoms with Crippen LogP contribution in [0.15, 0.2) is 25.3 Å². The molecule has 10 nitrogen and oxygen atoms in total. The van der Waals surface area contributed by atoms with Gasteiger partial charge in [0.05, 0.1) is 19.8 Å². The van der Waals surface area contributed by atoms with Crippen LogP contribution in [-0.4, -0.2) is 75.5 Å². The average molecular weight is 428 g/mol. The van der Waals surface area contributed by atoms with Gasteiger partial charge in [0, 0.05) is 31.7 Å². The molecule has 0 aliphatic carbocycles. The molecule has 0 aromatic carbocycles. The lowest BCUT2D eigenvalue weighted by Gasteiger charge is -2.29. The molecule has 0 saturated heterocycles. The monoisotopic (exact) mass is 428 g/mol. The average Bonchev–Trinajstić information content (AvgIpc) is 2.71. The number of hydrogen-bond donors (Lipinski definition) is 2. The van der Waals surface area contributed by atoms with E-state index in [9.17, 15) is 19.2 Å². The quantitative estimate of drug-likeness (QED) is 0.199. The van der Waals surface area contributed by atoms with E-state index in [-0.39, 0.29) is 32.1 Å². The normalized spacial score (nSPS) is 10.6. The molecule has 2 N–H and O–H groups in total. The van der Waals surface area contributed by atoms with Crippen molar-refractivity contribution in [2.45, 2.75) is 32.2 Å². The number of nitrogens with one attached hydrogen (secondary N) is 2. The van der Waals surface area contributed by atoms with Crippen molar-refractivity contribution >= 4 is 23.8 Å². The van der Waals surface area contributed by atoms with Gasteiger partial charge in [0.2, 0.25) is 0 Å². The molecule has 0 spiro atoms. The molecule has 30 heavy (non-hydrogen) atoms. The number of urea groups is 1. The molecule has 0 heterocycles. The Balaban J connectivity index is 4.14. The molecule has 0 aliphatic heterocycles. The standard InChI is InChI=1S/C20H32N2O8/c1-5-17(24)29-14-20(4,15-30-18(25)6-2)22-19(26)21-9-11-28-13-12-27-10-7-8-16(3)23/h5-6H,1-2,7-15H2,3-4H3,(H2,21,22,26). The summed E-state index contributed by atoms with van der Waals surface area (Å²) in [6.07, 6.45) is 3.15. The molecule has 0 saturated carbocycles. The molecule has 0 bridgehead atoms. The van der Waals surface area contributed by atoms with Crippen molar-refractivity contribution in [2.75, 3.05) is 46.2 Å². The van der Waals surface area contributed by atoms with Gasteiger partial charge in [-0.05, 0) is 20.3 Å². The Kier molecular flexibility index (Phi) is 14.7. The van der Waals surface area contributed by atoms with Crippen LogP contribution in [0.2, 0.25) is 0 Å². The van der Waals surface area contributed by atoms with Gasteiger partial charge in [-0.2, -0.15) is 0 Å². The minimum Gasteiger partial charge on any atom is -0.460 e. The first-order valence-corrected chi connectivity index (χ1v) is 9.51. The molecule has 0 aliphatic rings. The summed E-state index contributed by atoms with van der Waals surface area (Å²) in [6, 6.07) is -0.550. The number of esters is 2. The maximum absolute atomic E-state index is 12.1. The van der Waals surface area contributed by atoms with Gasteiger partial charge < -0.3 is 34.4 Å². The highest BCUT2D eigenvalue weighted by Gasteiger charge is 2.30. The fourth-order valence-corrected chi connectivity index (χ4v) is 1.99. The highest BCUT2D eigenvalue weighted by Crippen LogP contribution is 2.07. The molecule has 0 atom stereocenters. The zero-order chi connectivity index (χ0) is 22.8. The zero-order valence-electron chi connectivity index (χ0n) is 17.7. The highest BCUT2D eigenvalue weighted by molar-refractivity contribution is 5.82. The van der Waals surface area contributed by atoms with Crippen molar-refractivity contribution in [1.29, 1.82) is 0 Å². The molecule has 10 heteroatoms. The fraction of sp³-hybridized carbons (Fsp3) is 0.600. The summed E-state index contributed by atoms with van der Waals surface area (Å²) in [6.45, 7) is 11.0. The summed E-state index contributed by atoms with van der Waals surface area (Å²) in [7, 11) is 0. The molecule has 0 fully saturated rings. The Hall–Kier alpha value is -2.72. The maximum atomic E-state index is 12.1. The van der Waals surface area contributed by atoms with Gasteiger partial charge in [-0.3, -0.25) is 0 Å². The number of ketones is 1. The summed E-state index contributed by atoms with van der Waals surface area (Å²) in [5.74, 6) is -1.21. The van der Waals surface area contributed by atoms with Crippen molar-refractivity contribution in [3.8, 4) is 0 Å². The second kappa shape index (κ2) is 16.1. The van der Waals surface area contributed by atoms with Crippen LogP contribution in [0.4, 0.5) is 4.79 Å². The molecule has 0 aromatic rings. The van der Waals surface area contributed by atoms with E-state index in [1.165, 1.54) is 6.92 Å². The summed E-state index contributed by atoms with van der Waals surface area (Å²) in [5.41, 5.74) is -1.16. The number of hydrogen-bond acceptors (Lipinski definition) is 8. The Bertz CT molecular complexity index is 567. The van der Waals surface area contributed by atoms with Crippen LogP contribution in [0.5, 0.6) is 0 Å². The first kappa shape index (κ1) is 27.3. The molecule has 0 radical (unpaired) electrons. The minimum absolute atomic E-state index is 0.132. The largest absolute Gasteiger partial charge is 0.460 e. The Labute approximate surface area is 176 Å². The van der Waals surface area contributed by atoms with Gasteiger partial charge in [-0.15, -0.1) is 0 Å². The van der Waals surface area contributed by atoms with Crippen LogP contribution in [0.3, 0.4) is 0 Å². The molecule has 0 aromatic heterocycles. The topological polar surface area (TPSA) is 129 Å². The van der Waals surface area contributed by atoms with Gasteiger partial charge in [0.15, 0.2) is 0 Å². The Morgan fingerprint density at radius 2 is 1.43 bits per heavy atom.